The summed E-state index contributed by atoms with van der Waals surface area (Å²) in [7, 11) is 0. The summed E-state index contributed by atoms with van der Waals surface area (Å²) in [5.41, 5.74) is 2.82. The fourth-order valence-electron chi connectivity index (χ4n) is 2.56. The van der Waals surface area contributed by atoms with E-state index in [0.29, 0.717) is 16.6 Å². The Balaban J connectivity index is 1.79. The summed E-state index contributed by atoms with van der Waals surface area (Å²) in [6.07, 6.45) is 0. The zero-order chi connectivity index (χ0) is 16.4. The van der Waals surface area contributed by atoms with E-state index in [1.54, 1.807) is 23.9 Å². The van der Waals surface area contributed by atoms with Crippen LogP contribution in [0.3, 0.4) is 0 Å². The molecule has 1 saturated heterocycles. The number of carbonyl (C=O) groups is 1. The number of urea groups is 1. The molecule has 0 aliphatic carbocycles. The molecule has 3 rings (SSSR count). The maximum absolute atomic E-state index is 12.6. The number of anilines is 1. The number of hydrogen-bond donors (Lipinski definition) is 1. The van der Waals surface area contributed by atoms with Gasteiger partial charge in [-0.1, -0.05) is 41.4 Å². The molecule has 2 aromatic carbocycles. The summed E-state index contributed by atoms with van der Waals surface area (Å²) in [5.74, 6) is 0.880. The van der Waals surface area contributed by atoms with Crippen LogP contribution < -0.4 is 5.32 Å². The van der Waals surface area contributed by atoms with Crippen molar-refractivity contribution in [2.45, 2.75) is 12.3 Å². The van der Waals surface area contributed by atoms with Gasteiger partial charge in [0.1, 0.15) is 5.37 Å². The number of hydrogen-bond acceptors (Lipinski definition) is 2. The monoisotopic (exact) mass is 366 g/mol. The average Bonchev–Trinajstić information content (AvgIpc) is 2.96. The van der Waals surface area contributed by atoms with Crippen LogP contribution in [0.5, 0.6) is 0 Å². The van der Waals surface area contributed by atoms with Crippen LogP contribution in [-0.2, 0) is 0 Å². The standard InChI is InChI=1S/C17H16Cl2N2OS/c1-11-3-2-4-13(9-11)20-17(22)21-7-8-23-16(21)14-6-5-12(18)10-15(14)19/h2-6,9-10,16H,7-8H2,1H3,(H,20,22)/t16-/m0/s1. The number of halogens is 2. The number of thioether (sulfide) groups is 1. The first-order chi connectivity index (χ1) is 11.0. The fourth-order valence-corrected chi connectivity index (χ4v) is 4.42. The fraction of sp³-hybridized carbons (Fsp3) is 0.235. The first kappa shape index (κ1) is 16.5. The summed E-state index contributed by atoms with van der Waals surface area (Å²) in [6.45, 7) is 2.68. The highest BCUT2D eigenvalue weighted by molar-refractivity contribution is 7.99. The lowest BCUT2D eigenvalue weighted by Crippen LogP contribution is -2.34. The molecular weight excluding hydrogens is 351 g/mol. The third kappa shape index (κ3) is 3.77. The Labute approximate surface area is 150 Å². The van der Waals surface area contributed by atoms with Gasteiger partial charge in [0.25, 0.3) is 0 Å². The first-order valence-electron chi connectivity index (χ1n) is 7.25. The topological polar surface area (TPSA) is 32.3 Å². The van der Waals surface area contributed by atoms with Crippen LogP contribution in [0, 0.1) is 6.92 Å². The van der Waals surface area contributed by atoms with Gasteiger partial charge in [0, 0.05) is 33.6 Å². The minimum absolute atomic E-state index is 0.0930. The molecule has 1 atom stereocenters. The van der Waals surface area contributed by atoms with Gasteiger partial charge in [-0.2, -0.15) is 0 Å². The van der Waals surface area contributed by atoms with E-state index < -0.39 is 0 Å². The Morgan fingerprint density at radius 3 is 2.83 bits per heavy atom. The van der Waals surface area contributed by atoms with Crippen molar-refractivity contribution < 1.29 is 4.79 Å². The van der Waals surface area contributed by atoms with E-state index in [1.165, 1.54) is 0 Å². The highest BCUT2D eigenvalue weighted by Crippen LogP contribution is 2.41. The average molecular weight is 367 g/mol. The van der Waals surface area contributed by atoms with Crippen LogP contribution in [0.2, 0.25) is 10.0 Å². The molecule has 0 unspecified atom stereocenters. The molecular formula is C17H16Cl2N2OS. The van der Waals surface area contributed by atoms with Crippen LogP contribution in [-0.4, -0.2) is 23.2 Å². The molecule has 120 valence electrons. The van der Waals surface area contributed by atoms with Crippen LogP contribution in [0.1, 0.15) is 16.5 Å². The number of aryl methyl sites for hydroxylation is 1. The molecule has 1 aliphatic heterocycles. The van der Waals surface area contributed by atoms with Crippen molar-refractivity contribution in [3.63, 3.8) is 0 Å². The summed E-state index contributed by atoms with van der Waals surface area (Å²) in [6, 6.07) is 13.1. The van der Waals surface area contributed by atoms with Crippen molar-refractivity contribution >= 4 is 46.7 Å². The summed E-state index contributed by atoms with van der Waals surface area (Å²) < 4.78 is 0. The van der Waals surface area contributed by atoms with Gasteiger partial charge in [-0.3, -0.25) is 0 Å². The van der Waals surface area contributed by atoms with E-state index in [9.17, 15) is 4.79 Å². The molecule has 2 aromatic rings. The van der Waals surface area contributed by atoms with Gasteiger partial charge in [0.15, 0.2) is 0 Å². The Morgan fingerprint density at radius 2 is 2.09 bits per heavy atom. The van der Waals surface area contributed by atoms with Crippen molar-refractivity contribution in [1.29, 1.82) is 0 Å². The Morgan fingerprint density at radius 1 is 1.26 bits per heavy atom. The zero-order valence-electron chi connectivity index (χ0n) is 12.6. The van der Waals surface area contributed by atoms with E-state index in [4.69, 9.17) is 23.2 Å². The lowest BCUT2D eigenvalue weighted by Gasteiger charge is -2.25. The molecule has 0 aromatic heterocycles. The lowest BCUT2D eigenvalue weighted by molar-refractivity contribution is 0.214. The number of benzene rings is 2. The third-order valence-corrected chi connectivity index (χ3v) is 5.45. The lowest BCUT2D eigenvalue weighted by atomic mass is 10.2. The molecule has 1 N–H and O–H groups in total. The number of nitrogens with zero attached hydrogens (tertiary/aromatic N) is 1. The minimum atomic E-state index is -0.114. The van der Waals surface area contributed by atoms with Crippen LogP contribution >= 0.6 is 35.0 Å². The van der Waals surface area contributed by atoms with E-state index in [2.05, 4.69) is 5.32 Å². The predicted molar refractivity (Wildman–Crippen MR) is 98.6 cm³/mol. The molecule has 1 fully saturated rings. The van der Waals surface area contributed by atoms with Gasteiger partial charge >= 0.3 is 6.03 Å². The van der Waals surface area contributed by atoms with Crippen molar-refractivity contribution in [2.24, 2.45) is 0 Å². The summed E-state index contributed by atoms with van der Waals surface area (Å²) >= 11 is 14.0. The Kier molecular flexibility index (Phi) is 5.05. The second kappa shape index (κ2) is 7.04. The molecule has 0 radical (unpaired) electrons. The predicted octanol–water partition coefficient (Wildman–Crippen LogP) is 5.58. The van der Waals surface area contributed by atoms with Gasteiger partial charge in [0.05, 0.1) is 0 Å². The molecule has 1 heterocycles. The molecule has 0 spiro atoms. The van der Waals surface area contributed by atoms with Crippen molar-refractivity contribution in [1.82, 2.24) is 4.90 Å². The molecule has 0 bridgehead atoms. The quantitative estimate of drug-likeness (QED) is 0.751. The second-order valence-corrected chi connectivity index (χ2v) is 7.41. The van der Waals surface area contributed by atoms with E-state index in [0.717, 1.165) is 22.6 Å². The van der Waals surface area contributed by atoms with Gasteiger partial charge in [-0.15, -0.1) is 11.8 Å². The third-order valence-electron chi connectivity index (χ3n) is 3.65. The summed E-state index contributed by atoms with van der Waals surface area (Å²) in [4.78, 5) is 14.4. The molecule has 23 heavy (non-hydrogen) atoms. The van der Waals surface area contributed by atoms with Crippen molar-refractivity contribution in [2.75, 3.05) is 17.6 Å². The second-order valence-electron chi connectivity index (χ2n) is 5.38. The summed E-state index contributed by atoms with van der Waals surface area (Å²) in [5, 5.41) is 4.05. The highest BCUT2D eigenvalue weighted by atomic mass is 35.5. The van der Waals surface area contributed by atoms with Crippen molar-refractivity contribution in [3.05, 3.63) is 63.6 Å². The molecule has 2 amide bonds. The van der Waals surface area contributed by atoms with Gasteiger partial charge in [0.2, 0.25) is 0 Å². The normalized spacial score (nSPS) is 17.3. The zero-order valence-corrected chi connectivity index (χ0v) is 14.9. The van der Waals surface area contributed by atoms with Gasteiger partial charge in [-0.25, -0.2) is 4.79 Å². The van der Waals surface area contributed by atoms with Crippen LogP contribution in [0.15, 0.2) is 42.5 Å². The number of amides is 2. The number of carbonyl (C=O) groups excluding carboxylic acids is 1. The molecule has 6 heteroatoms. The maximum Gasteiger partial charge on any atom is 0.323 e. The van der Waals surface area contributed by atoms with E-state index in [-0.39, 0.29) is 11.4 Å². The highest BCUT2D eigenvalue weighted by Gasteiger charge is 2.32. The van der Waals surface area contributed by atoms with Crippen LogP contribution in [0.25, 0.3) is 0 Å². The Bertz CT molecular complexity index is 738. The minimum Gasteiger partial charge on any atom is -0.308 e. The first-order valence-corrected chi connectivity index (χ1v) is 9.06. The SMILES string of the molecule is Cc1cccc(NC(=O)N2CCS[C@H]2c2ccc(Cl)cc2Cl)c1. The van der Waals surface area contributed by atoms with E-state index in [1.807, 2.05) is 42.2 Å². The molecule has 1 aliphatic rings. The molecule has 0 saturated carbocycles. The van der Waals surface area contributed by atoms with Crippen molar-refractivity contribution in [3.8, 4) is 0 Å². The number of rotatable bonds is 2. The van der Waals surface area contributed by atoms with Gasteiger partial charge in [-0.05, 0) is 36.8 Å². The van der Waals surface area contributed by atoms with Gasteiger partial charge < -0.3 is 10.2 Å². The largest absolute Gasteiger partial charge is 0.323 e. The Hall–Kier alpha value is -1.36. The number of nitrogens with one attached hydrogen (secondary N) is 1. The maximum atomic E-state index is 12.6. The molecule has 3 nitrogen and oxygen atoms in total. The van der Waals surface area contributed by atoms with E-state index >= 15 is 0 Å². The van der Waals surface area contributed by atoms with Crippen LogP contribution in [0.4, 0.5) is 10.5 Å². The smallest absolute Gasteiger partial charge is 0.308 e.